The molecule has 0 bridgehead atoms. The van der Waals surface area contributed by atoms with E-state index in [2.05, 4.69) is 10.3 Å². The second kappa shape index (κ2) is 5.53. The molecule has 17 heavy (non-hydrogen) atoms. The van der Waals surface area contributed by atoms with Crippen LogP contribution in [0.1, 0.15) is 6.92 Å². The number of hydrogen-bond acceptors (Lipinski definition) is 5. The second-order valence-electron chi connectivity index (χ2n) is 4.69. The Morgan fingerprint density at radius 3 is 2.76 bits per heavy atom. The highest BCUT2D eigenvalue weighted by molar-refractivity contribution is 6.33. The number of aromatic nitrogens is 1. The largest absolute Gasteiger partial charge is 0.397 e. The van der Waals surface area contributed by atoms with Gasteiger partial charge in [0.25, 0.3) is 0 Å². The van der Waals surface area contributed by atoms with Crippen molar-refractivity contribution in [2.75, 3.05) is 38.2 Å². The molecular formula is C11H19ClN4O. The Labute approximate surface area is 107 Å². The number of nitrogens with one attached hydrogen (secondary N) is 1. The van der Waals surface area contributed by atoms with Gasteiger partial charge in [-0.15, -0.1) is 0 Å². The van der Waals surface area contributed by atoms with E-state index in [1.807, 2.05) is 19.0 Å². The Bertz CT molecular complexity index is 382. The molecule has 0 radical (unpaired) electrons. The number of pyridine rings is 1. The van der Waals surface area contributed by atoms with Crippen molar-refractivity contribution < 1.29 is 5.11 Å². The van der Waals surface area contributed by atoms with E-state index < -0.39 is 5.60 Å². The molecule has 1 aromatic rings. The van der Waals surface area contributed by atoms with Crippen molar-refractivity contribution in [2.24, 2.45) is 0 Å². The molecule has 0 aliphatic heterocycles. The van der Waals surface area contributed by atoms with Gasteiger partial charge in [0, 0.05) is 13.1 Å². The van der Waals surface area contributed by atoms with E-state index in [-0.39, 0.29) is 0 Å². The SMILES string of the molecule is CN(C)CC(C)(O)CNc1ncc(N)cc1Cl. The van der Waals surface area contributed by atoms with Crippen LogP contribution in [-0.2, 0) is 0 Å². The van der Waals surface area contributed by atoms with Gasteiger partial charge in [0.05, 0.1) is 22.5 Å². The molecule has 0 spiro atoms. The Morgan fingerprint density at radius 2 is 2.24 bits per heavy atom. The van der Waals surface area contributed by atoms with Crippen LogP contribution < -0.4 is 11.1 Å². The highest BCUT2D eigenvalue weighted by Gasteiger charge is 2.21. The van der Waals surface area contributed by atoms with Gasteiger partial charge in [-0.25, -0.2) is 4.98 Å². The van der Waals surface area contributed by atoms with Crippen LogP contribution in [0.4, 0.5) is 11.5 Å². The molecule has 1 unspecified atom stereocenters. The summed E-state index contributed by atoms with van der Waals surface area (Å²) in [5.74, 6) is 0.528. The molecule has 0 aliphatic carbocycles. The minimum atomic E-state index is -0.851. The van der Waals surface area contributed by atoms with Crippen molar-refractivity contribution in [3.63, 3.8) is 0 Å². The molecule has 4 N–H and O–H groups in total. The maximum Gasteiger partial charge on any atom is 0.145 e. The first-order valence-electron chi connectivity index (χ1n) is 5.32. The van der Waals surface area contributed by atoms with E-state index >= 15 is 0 Å². The normalized spacial score (nSPS) is 14.7. The average molecular weight is 259 g/mol. The van der Waals surface area contributed by atoms with Crippen LogP contribution in [0, 0.1) is 0 Å². The number of nitrogens with two attached hydrogens (primary N) is 1. The van der Waals surface area contributed by atoms with Crippen LogP contribution in [0.3, 0.4) is 0 Å². The maximum absolute atomic E-state index is 10.1. The number of hydrogen-bond donors (Lipinski definition) is 3. The summed E-state index contributed by atoms with van der Waals surface area (Å²) in [6.45, 7) is 2.67. The minimum Gasteiger partial charge on any atom is -0.397 e. The standard InChI is InChI=1S/C11H19ClN4O/c1-11(17,7-16(2)3)6-15-10-9(12)4-8(13)5-14-10/h4-5,17H,6-7,13H2,1-3H3,(H,14,15). The fourth-order valence-electron chi connectivity index (χ4n) is 1.59. The first-order valence-corrected chi connectivity index (χ1v) is 5.70. The Kier molecular flexibility index (Phi) is 4.56. The van der Waals surface area contributed by atoms with Gasteiger partial charge >= 0.3 is 0 Å². The van der Waals surface area contributed by atoms with Crippen molar-refractivity contribution in [2.45, 2.75) is 12.5 Å². The van der Waals surface area contributed by atoms with Gasteiger partial charge in [-0.3, -0.25) is 0 Å². The zero-order valence-corrected chi connectivity index (χ0v) is 11.1. The van der Waals surface area contributed by atoms with Crippen molar-refractivity contribution in [3.05, 3.63) is 17.3 Å². The Balaban J connectivity index is 2.61. The smallest absolute Gasteiger partial charge is 0.145 e. The third kappa shape index (κ3) is 4.77. The molecule has 0 saturated carbocycles. The summed E-state index contributed by atoms with van der Waals surface area (Å²) in [6.07, 6.45) is 1.52. The molecule has 0 amide bonds. The summed E-state index contributed by atoms with van der Waals surface area (Å²) in [7, 11) is 3.81. The minimum absolute atomic E-state index is 0.363. The van der Waals surface area contributed by atoms with Crippen molar-refractivity contribution in [3.8, 4) is 0 Å². The first-order chi connectivity index (χ1) is 7.80. The third-order valence-electron chi connectivity index (χ3n) is 2.16. The predicted octanol–water partition coefficient (Wildman–Crippen LogP) is 1.04. The summed E-state index contributed by atoms with van der Waals surface area (Å²) in [5, 5.41) is 13.6. The van der Waals surface area contributed by atoms with Crippen molar-refractivity contribution in [1.82, 2.24) is 9.88 Å². The van der Waals surface area contributed by atoms with E-state index in [0.717, 1.165) is 0 Å². The molecule has 1 heterocycles. The summed E-state index contributed by atoms with van der Waals surface area (Å²) in [4.78, 5) is 5.98. The van der Waals surface area contributed by atoms with Gasteiger partial charge in [0.15, 0.2) is 0 Å². The Hall–Kier alpha value is -1.04. The molecule has 0 aliphatic rings. The van der Waals surface area contributed by atoms with Crippen LogP contribution in [0.2, 0.25) is 5.02 Å². The first kappa shape index (κ1) is 14.0. The monoisotopic (exact) mass is 258 g/mol. The number of halogens is 1. The highest BCUT2D eigenvalue weighted by Crippen LogP contribution is 2.21. The lowest BCUT2D eigenvalue weighted by Gasteiger charge is -2.27. The van der Waals surface area contributed by atoms with Gasteiger partial charge < -0.3 is 21.1 Å². The van der Waals surface area contributed by atoms with Crippen LogP contribution >= 0.6 is 11.6 Å². The molecule has 96 valence electrons. The van der Waals surface area contributed by atoms with Crippen LogP contribution in [-0.4, -0.2) is 47.8 Å². The lowest BCUT2D eigenvalue weighted by molar-refractivity contribution is 0.0459. The third-order valence-corrected chi connectivity index (χ3v) is 2.44. The quantitative estimate of drug-likeness (QED) is 0.736. The molecule has 0 fully saturated rings. The van der Waals surface area contributed by atoms with Crippen LogP contribution in [0.5, 0.6) is 0 Å². The summed E-state index contributed by atoms with van der Waals surface area (Å²) >= 11 is 5.97. The Morgan fingerprint density at radius 1 is 1.59 bits per heavy atom. The number of nitrogens with zero attached hydrogens (tertiary/aromatic N) is 2. The van der Waals surface area contributed by atoms with Crippen molar-refractivity contribution in [1.29, 1.82) is 0 Å². The number of likely N-dealkylation sites (N-methyl/N-ethyl adjacent to an activating group) is 1. The molecular weight excluding hydrogens is 240 g/mol. The van der Waals surface area contributed by atoms with Crippen LogP contribution in [0.15, 0.2) is 12.3 Å². The van der Waals surface area contributed by atoms with Gasteiger partial charge in [-0.2, -0.15) is 0 Å². The molecule has 0 saturated heterocycles. The fraction of sp³-hybridized carbons (Fsp3) is 0.545. The zero-order chi connectivity index (χ0) is 13.1. The number of rotatable bonds is 5. The fourth-order valence-corrected chi connectivity index (χ4v) is 1.84. The molecule has 5 nitrogen and oxygen atoms in total. The lowest BCUT2D eigenvalue weighted by Crippen LogP contribution is -2.43. The summed E-state index contributed by atoms with van der Waals surface area (Å²) in [6, 6.07) is 1.62. The van der Waals surface area contributed by atoms with E-state index in [9.17, 15) is 5.11 Å². The molecule has 1 rings (SSSR count). The molecule has 0 aromatic carbocycles. The van der Waals surface area contributed by atoms with E-state index in [4.69, 9.17) is 17.3 Å². The van der Waals surface area contributed by atoms with Gasteiger partial charge in [0.1, 0.15) is 5.82 Å². The van der Waals surface area contributed by atoms with Gasteiger partial charge in [-0.1, -0.05) is 11.6 Å². The lowest BCUT2D eigenvalue weighted by atomic mass is 10.1. The molecule has 1 atom stereocenters. The van der Waals surface area contributed by atoms with E-state index in [0.29, 0.717) is 29.6 Å². The number of aliphatic hydroxyl groups is 1. The van der Waals surface area contributed by atoms with E-state index in [1.165, 1.54) is 6.20 Å². The van der Waals surface area contributed by atoms with Gasteiger partial charge in [0.2, 0.25) is 0 Å². The van der Waals surface area contributed by atoms with Gasteiger partial charge in [-0.05, 0) is 27.1 Å². The van der Waals surface area contributed by atoms with E-state index in [1.54, 1.807) is 13.0 Å². The average Bonchev–Trinajstić information content (AvgIpc) is 2.14. The maximum atomic E-state index is 10.1. The molecule has 1 aromatic heterocycles. The van der Waals surface area contributed by atoms with Crippen LogP contribution in [0.25, 0.3) is 0 Å². The zero-order valence-electron chi connectivity index (χ0n) is 10.4. The topological polar surface area (TPSA) is 74.4 Å². The summed E-state index contributed by atoms with van der Waals surface area (Å²) < 4.78 is 0. The number of anilines is 2. The van der Waals surface area contributed by atoms with Crippen molar-refractivity contribution >= 4 is 23.1 Å². The summed E-state index contributed by atoms with van der Waals surface area (Å²) in [5.41, 5.74) is 5.21. The molecule has 6 heteroatoms. The number of nitrogen functional groups attached to an aromatic ring is 1. The highest BCUT2D eigenvalue weighted by atomic mass is 35.5. The second-order valence-corrected chi connectivity index (χ2v) is 5.09. The predicted molar refractivity (Wildman–Crippen MR) is 71.3 cm³/mol.